The molecule has 1 aliphatic rings. The van der Waals surface area contributed by atoms with Gasteiger partial charge in [0, 0.05) is 35.6 Å². The summed E-state index contributed by atoms with van der Waals surface area (Å²) in [6, 6.07) is 9.82. The number of aryl methyl sites for hydroxylation is 1. The van der Waals surface area contributed by atoms with E-state index in [1.807, 2.05) is 19.1 Å². The van der Waals surface area contributed by atoms with Gasteiger partial charge < -0.3 is 10.4 Å². The SMILES string of the molecule is Cc1cc(Nc2cc(C(F)F)ccn2)nc(-c2ccc(CC(F)C3CCC(C(=O)O)CC3)nc2)c1. The maximum atomic E-state index is 14.9. The second kappa shape index (κ2) is 10.8. The first-order valence-electron chi connectivity index (χ1n) is 11.6. The molecule has 0 spiro atoms. The van der Waals surface area contributed by atoms with Crippen LogP contribution in [0.25, 0.3) is 11.3 Å². The average molecular weight is 485 g/mol. The molecule has 35 heavy (non-hydrogen) atoms. The van der Waals surface area contributed by atoms with Crippen LogP contribution in [-0.2, 0) is 11.2 Å². The molecule has 9 heteroatoms. The second-order valence-corrected chi connectivity index (χ2v) is 9.02. The molecule has 0 saturated heterocycles. The first kappa shape index (κ1) is 24.6. The minimum absolute atomic E-state index is 0.128. The number of alkyl halides is 3. The van der Waals surface area contributed by atoms with Crippen molar-refractivity contribution in [1.29, 1.82) is 0 Å². The third-order valence-electron chi connectivity index (χ3n) is 6.42. The summed E-state index contributed by atoms with van der Waals surface area (Å²) in [5.74, 6) is -0.565. The molecule has 1 unspecified atom stereocenters. The highest BCUT2D eigenvalue weighted by molar-refractivity contribution is 5.70. The van der Waals surface area contributed by atoms with Crippen LogP contribution in [0.5, 0.6) is 0 Å². The van der Waals surface area contributed by atoms with Gasteiger partial charge in [0.05, 0.1) is 11.6 Å². The number of rotatable bonds is 8. The maximum Gasteiger partial charge on any atom is 0.306 e. The van der Waals surface area contributed by atoms with E-state index in [0.717, 1.165) is 11.1 Å². The summed E-state index contributed by atoms with van der Waals surface area (Å²) < 4.78 is 40.8. The minimum atomic E-state index is -2.59. The summed E-state index contributed by atoms with van der Waals surface area (Å²) in [5, 5.41) is 12.1. The first-order chi connectivity index (χ1) is 16.8. The Labute approximate surface area is 201 Å². The van der Waals surface area contributed by atoms with Crippen molar-refractivity contribution in [3.05, 3.63) is 65.6 Å². The fourth-order valence-corrected chi connectivity index (χ4v) is 4.45. The van der Waals surface area contributed by atoms with Crippen LogP contribution in [0, 0.1) is 18.8 Å². The van der Waals surface area contributed by atoms with E-state index < -0.39 is 18.6 Å². The Hall–Kier alpha value is -3.49. The van der Waals surface area contributed by atoms with Gasteiger partial charge in [-0.3, -0.25) is 9.78 Å². The zero-order valence-corrected chi connectivity index (χ0v) is 19.3. The van der Waals surface area contributed by atoms with Crippen LogP contribution in [0.1, 0.15) is 48.9 Å². The lowest BCUT2D eigenvalue weighted by Crippen LogP contribution is -2.27. The standard InChI is InChI=1S/C26H27F3N4O2/c1-15-10-22(32-24(11-15)33-23-12-18(25(28)29)8-9-30-23)19-6-7-20(31-14-19)13-21(27)16-2-4-17(5-3-16)26(34)35/h6-12,14,16-17,21,25H,2-5,13H2,1H3,(H,34,35)(H,30,32,33). The number of carbonyl (C=O) groups is 1. The van der Waals surface area contributed by atoms with Crippen LogP contribution < -0.4 is 5.32 Å². The molecule has 2 N–H and O–H groups in total. The number of hydrogen-bond donors (Lipinski definition) is 2. The van der Waals surface area contributed by atoms with E-state index >= 15 is 0 Å². The van der Waals surface area contributed by atoms with E-state index in [4.69, 9.17) is 5.11 Å². The molecule has 184 valence electrons. The van der Waals surface area contributed by atoms with E-state index in [9.17, 15) is 18.0 Å². The van der Waals surface area contributed by atoms with Gasteiger partial charge >= 0.3 is 5.97 Å². The number of nitrogens with zero attached hydrogens (tertiary/aromatic N) is 3. The molecule has 1 atom stereocenters. The molecule has 3 heterocycles. The molecule has 0 aromatic carbocycles. The zero-order chi connectivity index (χ0) is 24.9. The Morgan fingerprint density at radius 2 is 1.83 bits per heavy atom. The molecule has 4 rings (SSSR count). The van der Waals surface area contributed by atoms with Gasteiger partial charge in [-0.2, -0.15) is 0 Å². The van der Waals surface area contributed by atoms with Crippen molar-refractivity contribution in [3.8, 4) is 11.3 Å². The minimum Gasteiger partial charge on any atom is -0.481 e. The van der Waals surface area contributed by atoms with E-state index in [1.54, 1.807) is 18.3 Å². The van der Waals surface area contributed by atoms with Gasteiger partial charge in [0.1, 0.15) is 17.8 Å². The van der Waals surface area contributed by atoms with Crippen molar-refractivity contribution in [3.63, 3.8) is 0 Å². The van der Waals surface area contributed by atoms with E-state index in [2.05, 4.69) is 20.3 Å². The van der Waals surface area contributed by atoms with Gasteiger partial charge in [-0.15, -0.1) is 0 Å². The number of halogens is 3. The number of nitrogens with one attached hydrogen (secondary N) is 1. The third kappa shape index (κ3) is 6.35. The lowest BCUT2D eigenvalue weighted by Gasteiger charge is -2.28. The molecule has 0 amide bonds. The quantitative estimate of drug-likeness (QED) is 0.390. The van der Waals surface area contributed by atoms with Crippen molar-refractivity contribution in [2.45, 2.75) is 51.6 Å². The summed E-state index contributed by atoms with van der Waals surface area (Å²) >= 11 is 0. The fourth-order valence-electron chi connectivity index (χ4n) is 4.45. The number of aromatic nitrogens is 3. The smallest absolute Gasteiger partial charge is 0.306 e. The highest BCUT2D eigenvalue weighted by atomic mass is 19.3. The highest BCUT2D eigenvalue weighted by Crippen LogP contribution is 2.33. The van der Waals surface area contributed by atoms with Crippen LogP contribution >= 0.6 is 0 Å². The summed E-state index contributed by atoms with van der Waals surface area (Å²) in [6.07, 6.45) is 1.68. The third-order valence-corrected chi connectivity index (χ3v) is 6.42. The normalized spacial score (nSPS) is 18.9. The summed E-state index contributed by atoms with van der Waals surface area (Å²) in [4.78, 5) is 24.2. The summed E-state index contributed by atoms with van der Waals surface area (Å²) in [6.45, 7) is 1.90. The monoisotopic (exact) mass is 484 g/mol. The van der Waals surface area contributed by atoms with Gasteiger partial charge in [-0.25, -0.2) is 23.1 Å². The first-order valence-corrected chi connectivity index (χ1v) is 11.6. The molecule has 1 saturated carbocycles. The van der Waals surface area contributed by atoms with Crippen LogP contribution in [0.15, 0.2) is 48.8 Å². The number of aliphatic carboxylic acids is 1. The Morgan fingerprint density at radius 3 is 2.49 bits per heavy atom. The van der Waals surface area contributed by atoms with Crippen molar-refractivity contribution in [1.82, 2.24) is 15.0 Å². The summed E-state index contributed by atoms with van der Waals surface area (Å²) in [7, 11) is 0. The average Bonchev–Trinajstić information content (AvgIpc) is 2.84. The van der Waals surface area contributed by atoms with E-state index in [1.165, 1.54) is 18.3 Å². The molecule has 0 aliphatic heterocycles. The highest BCUT2D eigenvalue weighted by Gasteiger charge is 2.30. The molecular weight excluding hydrogens is 457 g/mol. The molecule has 0 radical (unpaired) electrons. The molecule has 1 aliphatic carbocycles. The van der Waals surface area contributed by atoms with Crippen molar-refractivity contribution in [2.24, 2.45) is 11.8 Å². The number of hydrogen-bond acceptors (Lipinski definition) is 5. The predicted molar refractivity (Wildman–Crippen MR) is 126 cm³/mol. The van der Waals surface area contributed by atoms with Crippen molar-refractivity contribution in [2.75, 3.05) is 5.32 Å². The topological polar surface area (TPSA) is 88.0 Å². The van der Waals surface area contributed by atoms with Crippen LogP contribution in [0.3, 0.4) is 0 Å². The largest absolute Gasteiger partial charge is 0.481 e. The maximum absolute atomic E-state index is 14.9. The lowest BCUT2D eigenvalue weighted by atomic mass is 9.79. The zero-order valence-electron chi connectivity index (χ0n) is 19.3. The van der Waals surface area contributed by atoms with Crippen molar-refractivity contribution >= 4 is 17.6 Å². The van der Waals surface area contributed by atoms with Crippen LogP contribution in [-0.4, -0.2) is 32.2 Å². The van der Waals surface area contributed by atoms with Gasteiger partial charge in [0.25, 0.3) is 6.43 Å². The van der Waals surface area contributed by atoms with Crippen LogP contribution in [0.4, 0.5) is 24.8 Å². The Balaban J connectivity index is 1.42. The molecular formula is C26H27F3N4O2. The molecule has 6 nitrogen and oxygen atoms in total. The predicted octanol–water partition coefficient (Wildman–Crippen LogP) is 6.30. The van der Waals surface area contributed by atoms with E-state index in [0.29, 0.717) is 42.9 Å². The van der Waals surface area contributed by atoms with Gasteiger partial charge in [0.2, 0.25) is 0 Å². The molecule has 3 aromatic rings. The lowest BCUT2D eigenvalue weighted by molar-refractivity contribution is -0.143. The van der Waals surface area contributed by atoms with Crippen molar-refractivity contribution < 1.29 is 23.1 Å². The Bertz CT molecular complexity index is 1170. The molecule has 0 bridgehead atoms. The van der Waals surface area contributed by atoms with Gasteiger partial charge in [0.15, 0.2) is 0 Å². The van der Waals surface area contributed by atoms with Gasteiger partial charge in [-0.1, -0.05) is 0 Å². The Kier molecular flexibility index (Phi) is 7.63. The summed E-state index contributed by atoms with van der Waals surface area (Å²) in [5.41, 5.74) is 2.79. The van der Waals surface area contributed by atoms with Crippen LogP contribution in [0.2, 0.25) is 0 Å². The second-order valence-electron chi connectivity index (χ2n) is 9.02. The molecule has 3 aromatic heterocycles. The van der Waals surface area contributed by atoms with E-state index in [-0.39, 0.29) is 29.6 Å². The molecule has 1 fully saturated rings. The number of anilines is 2. The fraction of sp³-hybridized carbons (Fsp3) is 0.385. The number of pyridine rings is 3. The number of carboxylic acid groups (broad SMARTS) is 1. The number of carboxylic acids is 1. The van der Waals surface area contributed by atoms with Gasteiger partial charge in [-0.05, 0) is 80.5 Å². The Morgan fingerprint density at radius 1 is 1.06 bits per heavy atom.